The maximum atomic E-state index is 12.7. The van der Waals surface area contributed by atoms with Crippen molar-refractivity contribution in [3.05, 3.63) is 33.9 Å². The Balaban J connectivity index is 1.90. The van der Waals surface area contributed by atoms with Crippen LogP contribution < -0.4 is 10.3 Å². The number of H-pyrrole nitrogens is 1. The Kier molecular flexibility index (Phi) is 4.70. The van der Waals surface area contributed by atoms with Crippen molar-refractivity contribution in [1.29, 1.82) is 0 Å². The van der Waals surface area contributed by atoms with E-state index in [1.54, 1.807) is 6.07 Å². The molecule has 8 nitrogen and oxygen atoms in total. The van der Waals surface area contributed by atoms with Crippen LogP contribution in [0.5, 0.6) is 5.88 Å². The fourth-order valence-corrected chi connectivity index (χ4v) is 3.30. The molecule has 3 heterocycles. The van der Waals surface area contributed by atoms with Gasteiger partial charge < -0.3 is 9.72 Å². The van der Waals surface area contributed by atoms with Gasteiger partial charge in [-0.2, -0.15) is 5.10 Å². The van der Waals surface area contributed by atoms with Crippen LogP contribution in [-0.2, 0) is 13.0 Å². The van der Waals surface area contributed by atoms with E-state index in [0.29, 0.717) is 46.4 Å². The van der Waals surface area contributed by atoms with E-state index in [-0.39, 0.29) is 11.3 Å². The van der Waals surface area contributed by atoms with E-state index >= 15 is 0 Å². The lowest BCUT2D eigenvalue weighted by Crippen LogP contribution is -2.11. The molecule has 0 atom stereocenters. The molecule has 0 unspecified atom stereocenters. The molecule has 0 aliphatic heterocycles. The molecule has 28 heavy (non-hydrogen) atoms. The van der Waals surface area contributed by atoms with Gasteiger partial charge in [0.1, 0.15) is 11.3 Å². The predicted octanol–water partition coefficient (Wildman–Crippen LogP) is 2.76. The highest BCUT2D eigenvalue weighted by atomic mass is 16.5. The number of nitrogens with one attached hydrogen (secondary N) is 1. The number of carbonyl (C=O) groups is 1. The maximum Gasteiger partial charge on any atom is 0.279 e. The topological polar surface area (TPSA) is 103 Å². The van der Waals surface area contributed by atoms with Crippen molar-refractivity contribution in [1.82, 2.24) is 24.7 Å². The molecular formula is C20H23N5O3. The monoisotopic (exact) mass is 381 g/mol. The fraction of sp³-hybridized carbons (Fsp3) is 0.450. The molecule has 146 valence electrons. The molecule has 0 saturated heterocycles. The average molecular weight is 381 g/mol. The first-order valence-corrected chi connectivity index (χ1v) is 9.65. The van der Waals surface area contributed by atoms with E-state index in [9.17, 15) is 9.59 Å². The summed E-state index contributed by atoms with van der Waals surface area (Å²) in [6.45, 7) is 6.58. The molecule has 1 N–H and O–H groups in total. The van der Waals surface area contributed by atoms with Gasteiger partial charge in [0.05, 0.1) is 17.9 Å². The van der Waals surface area contributed by atoms with E-state index in [0.717, 1.165) is 18.7 Å². The minimum atomic E-state index is -0.306. The Morgan fingerprint density at radius 1 is 1.32 bits per heavy atom. The number of Topliss-reactive ketones (excluding diaryl/α,β-unsaturated/α-hetero) is 1. The van der Waals surface area contributed by atoms with Crippen molar-refractivity contribution in [3.63, 3.8) is 0 Å². The summed E-state index contributed by atoms with van der Waals surface area (Å²) >= 11 is 0. The van der Waals surface area contributed by atoms with Gasteiger partial charge in [-0.1, -0.05) is 6.92 Å². The molecule has 1 saturated carbocycles. The van der Waals surface area contributed by atoms with Crippen LogP contribution in [0, 0.1) is 5.92 Å². The number of fused-ring (bicyclic) bond motifs is 1. The van der Waals surface area contributed by atoms with Crippen LogP contribution in [0.25, 0.3) is 22.4 Å². The Morgan fingerprint density at radius 3 is 2.75 bits per heavy atom. The molecule has 3 aromatic heterocycles. The molecule has 0 radical (unpaired) electrons. The second kappa shape index (κ2) is 7.18. The zero-order chi connectivity index (χ0) is 19.8. The zero-order valence-electron chi connectivity index (χ0n) is 16.3. The summed E-state index contributed by atoms with van der Waals surface area (Å²) in [5, 5.41) is 4.51. The number of ketones is 1. The molecule has 0 bridgehead atoms. The van der Waals surface area contributed by atoms with E-state index < -0.39 is 0 Å². The lowest BCUT2D eigenvalue weighted by molar-refractivity contribution is 0.101. The first-order chi connectivity index (χ1) is 13.5. The van der Waals surface area contributed by atoms with E-state index in [1.807, 2.05) is 18.5 Å². The fourth-order valence-electron chi connectivity index (χ4n) is 3.30. The van der Waals surface area contributed by atoms with Crippen LogP contribution in [0.4, 0.5) is 0 Å². The molecule has 0 spiro atoms. The lowest BCUT2D eigenvalue weighted by Gasteiger charge is -2.10. The smallest absolute Gasteiger partial charge is 0.279 e. The summed E-state index contributed by atoms with van der Waals surface area (Å²) in [5.74, 6) is 1.18. The number of nitrogens with zero attached hydrogens (tertiary/aromatic N) is 4. The quantitative estimate of drug-likeness (QED) is 0.631. The van der Waals surface area contributed by atoms with E-state index in [4.69, 9.17) is 9.72 Å². The van der Waals surface area contributed by atoms with Crippen molar-refractivity contribution < 1.29 is 9.53 Å². The van der Waals surface area contributed by atoms with Gasteiger partial charge in [-0.15, -0.1) is 0 Å². The van der Waals surface area contributed by atoms with Gasteiger partial charge in [-0.25, -0.2) is 9.97 Å². The summed E-state index contributed by atoms with van der Waals surface area (Å²) in [7, 11) is 0. The van der Waals surface area contributed by atoms with Gasteiger partial charge >= 0.3 is 0 Å². The van der Waals surface area contributed by atoms with Crippen molar-refractivity contribution >= 4 is 16.8 Å². The molecule has 3 aromatic rings. The number of aromatic nitrogens is 5. The second-order valence-corrected chi connectivity index (χ2v) is 7.10. The summed E-state index contributed by atoms with van der Waals surface area (Å²) in [6.07, 6.45) is 4.60. The molecular weight excluding hydrogens is 358 g/mol. The minimum absolute atomic E-state index is 0.119. The van der Waals surface area contributed by atoms with Crippen molar-refractivity contribution in [2.24, 2.45) is 5.92 Å². The first-order valence-electron chi connectivity index (χ1n) is 9.65. The number of carbonyl (C=O) groups excluding carboxylic acids is 1. The molecule has 8 heteroatoms. The number of hydrogen-bond donors (Lipinski definition) is 1. The van der Waals surface area contributed by atoms with Crippen LogP contribution in [-0.4, -0.2) is 37.1 Å². The van der Waals surface area contributed by atoms with Crippen LogP contribution >= 0.6 is 0 Å². The van der Waals surface area contributed by atoms with E-state index in [2.05, 4.69) is 15.1 Å². The van der Waals surface area contributed by atoms with Gasteiger partial charge in [-0.3, -0.25) is 14.3 Å². The summed E-state index contributed by atoms with van der Waals surface area (Å²) in [6, 6.07) is 1.66. The first kappa shape index (κ1) is 18.3. The maximum absolute atomic E-state index is 12.7. The average Bonchev–Trinajstić information content (AvgIpc) is 3.41. The molecule has 4 rings (SSSR count). The summed E-state index contributed by atoms with van der Waals surface area (Å²) in [4.78, 5) is 36.3. The van der Waals surface area contributed by atoms with Gasteiger partial charge in [0.25, 0.3) is 5.56 Å². The van der Waals surface area contributed by atoms with Gasteiger partial charge in [0.15, 0.2) is 11.3 Å². The minimum Gasteiger partial charge on any atom is -0.477 e. The predicted molar refractivity (Wildman–Crippen MR) is 105 cm³/mol. The Hall–Kier alpha value is -3.03. The lowest BCUT2D eigenvalue weighted by atomic mass is 10.1. The van der Waals surface area contributed by atoms with Gasteiger partial charge in [-0.05, 0) is 45.1 Å². The molecule has 0 amide bonds. The molecule has 1 aliphatic rings. The Labute approximate surface area is 162 Å². The largest absolute Gasteiger partial charge is 0.477 e. The highest BCUT2D eigenvalue weighted by molar-refractivity contribution is 5.95. The van der Waals surface area contributed by atoms with Crippen molar-refractivity contribution in [3.8, 4) is 17.3 Å². The molecule has 1 fully saturated rings. The number of pyridine rings is 1. The SMILES string of the molecule is CCOc1ncc(C(C)=O)cc1-c1nc2c(CC)n(CC3CC3)nc2c(=O)[nH]1. The molecule has 1 aliphatic carbocycles. The third-order valence-corrected chi connectivity index (χ3v) is 4.96. The van der Waals surface area contributed by atoms with Crippen molar-refractivity contribution in [2.45, 2.75) is 46.6 Å². The van der Waals surface area contributed by atoms with Crippen LogP contribution in [0.2, 0.25) is 0 Å². The van der Waals surface area contributed by atoms with Crippen LogP contribution in [0.15, 0.2) is 17.1 Å². The number of aromatic amines is 1. The highest BCUT2D eigenvalue weighted by Crippen LogP contribution is 2.32. The second-order valence-electron chi connectivity index (χ2n) is 7.10. The summed E-state index contributed by atoms with van der Waals surface area (Å²) < 4.78 is 7.51. The van der Waals surface area contributed by atoms with E-state index in [1.165, 1.54) is 26.0 Å². The zero-order valence-corrected chi connectivity index (χ0v) is 16.3. The third-order valence-electron chi connectivity index (χ3n) is 4.96. The summed E-state index contributed by atoms with van der Waals surface area (Å²) in [5.41, 5.74) is 2.50. The Bertz CT molecular complexity index is 1110. The normalized spacial score (nSPS) is 13.8. The molecule has 0 aromatic carbocycles. The van der Waals surface area contributed by atoms with Crippen LogP contribution in [0.3, 0.4) is 0 Å². The number of aryl methyl sites for hydroxylation is 1. The van der Waals surface area contributed by atoms with Gasteiger partial charge in [0, 0.05) is 18.3 Å². The number of rotatable bonds is 7. The standard InChI is InChI=1S/C20H23N5O3/c1-4-15-16-17(24-25(15)10-12-6-7-12)19(27)23-18(22-16)14-8-13(11(3)26)9-21-20(14)28-5-2/h8-9,12H,4-7,10H2,1-3H3,(H,22,23,27). The van der Waals surface area contributed by atoms with Crippen LogP contribution in [0.1, 0.15) is 49.7 Å². The van der Waals surface area contributed by atoms with Crippen molar-refractivity contribution in [2.75, 3.05) is 6.61 Å². The highest BCUT2D eigenvalue weighted by Gasteiger charge is 2.25. The number of ether oxygens (including phenoxy) is 1. The van der Waals surface area contributed by atoms with Gasteiger partial charge in [0.2, 0.25) is 5.88 Å². The number of hydrogen-bond acceptors (Lipinski definition) is 6. The Morgan fingerprint density at radius 2 is 2.11 bits per heavy atom. The third kappa shape index (κ3) is 3.30.